The van der Waals surface area contributed by atoms with Crippen LogP contribution in [-0.2, 0) is 39.6 Å². The van der Waals surface area contributed by atoms with Gasteiger partial charge < -0.3 is 33.2 Å². The summed E-state index contributed by atoms with van der Waals surface area (Å²) in [5, 5.41) is 0. The zero-order valence-corrected chi connectivity index (χ0v) is 23.9. The van der Waals surface area contributed by atoms with Crippen LogP contribution in [0.3, 0.4) is 0 Å². The fraction of sp³-hybridized carbons (Fsp3) is 0.767. The van der Waals surface area contributed by atoms with E-state index in [-0.39, 0.29) is 12.6 Å². The van der Waals surface area contributed by atoms with Gasteiger partial charge in [0.05, 0.1) is 66.1 Å². The molecule has 0 aliphatic carbocycles. The lowest BCUT2D eigenvalue weighted by molar-refractivity contribution is -0.145. The molecule has 0 amide bonds. The summed E-state index contributed by atoms with van der Waals surface area (Å²) in [5.74, 6) is 0.705. The monoisotopic (exact) mass is 540 g/mol. The fourth-order valence-corrected chi connectivity index (χ4v) is 3.55. The first-order valence-corrected chi connectivity index (χ1v) is 14.5. The molecule has 0 unspecified atom stereocenters. The number of hydrogen-bond donors (Lipinski definition) is 0. The molecule has 0 spiro atoms. The van der Waals surface area contributed by atoms with Crippen molar-refractivity contribution in [1.82, 2.24) is 0 Å². The highest BCUT2D eigenvalue weighted by Crippen LogP contribution is 2.15. The van der Waals surface area contributed by atoms with Gasteiger partial charge in [-0.15, -0.1) is 0 Å². The molecule has 0 aliphatic rings. The van der Waals surface area contributed by atoms with Crippen LogP contribution in [-0.4, -0.2) is 85.3 Å². The molecule has 0 fully saturated rings. The van der Waals surface area contributed by atoms with Crippen molar-refractivity contribution in [2.45, 2.75) is 71.6 Å². The molecule has 38 heavy (non-hydrogen) atoms. The van der Waals surface area contributed by atoms with Crippen LogP contribution in [0.25, 0.3) is 0 Å². The number of aryl methyl sites for hydroxylation is 1. The fourth-order valence-electron chi connectivity index (χ4n) is 3.55. The molecule has 0 atom stereocenters. The Hall–Kier alpha value is -1.71. The second-order valence-electron chi connectivity index (χ2n) is 9.04. The first-order valence-electron chi connectivity index (χ1n) is 14.5. The van der Waals surface area contributed by atoms with Gasteiger partial charge in [0.15, 0.2) is 0 Å². The molecule has 8 heteroatoms. The smallest absolute Gasteiger partial charge is 0.305 e. The van der Waals surface area contributed by atoms with E-state index < -0.39 is 0 Å². The van der Waals surface area contributed by atoms with Gasteiger partial charge >= 0.3 is 5.97 Å². The standard InChI is InChI=1S/C30H52O8/c1-3-5-6-7-8-9-11-28-12-14-29(15-13-28)37-26-24-35-22-20-33-18-16-32-17-19-34-21-23-36-25-27-38-30(31)10-4-2/h12-15H,3-11,16-27H2,1-2H3. The van der Waals surface area contributed by atoms with E-state index in [1.165, 1.54) is 44.1 Å². The van der Waals surface area contributed by atoms with Gasteiger partial charge in [-0.3, -0.25) is 4.79 Å². The van der Waals surface area contributed by atoms with Crippen LogP contribution in [0.15, 0.2) is 24.3 Å². The molecule has 8 nitrogen and oxygen atoms in total. The predicted molar refractivity (Wildman–Crippen MR) is 149 cm³/mol. The van der Waals surface area contributed by atoms with Gasteiger partial charge in [-0.25, -0.2) is 0 Å². The minimum absolute atomic E-state index is 0.179. The number of benzene rings is 1. The Balaban J connectivity index is 1.78. The van der Waals surface area contributed by atoms with Gasteiger partial charge in [0, 0.05) is 6.42 Å². The highest BCUT2D eigenvalue weighted by Gasteiger charge is 2.00. The van der Waals surface area contributed by atoms with Crippen LogP contribution < -0.4 is 4.74 Å². The Labute approximate surface area is 230 Å². The summed E-state index contributed by atoms with van der Waals surface area (Å²) < 4.78 is 38.0. The number of ether oxygens (including phenoxy) is 7. The summed E-state index contributed by atoms with van der Waals surface area (Å²) in [6.45, 7) is 9.96. The average Bonchev–Trinajstić information content (AvgIpc) is 2.93. The van der Waals surface area contributed by atoms with Crippen LogP contribution in [0.4, 0.5) is 0 Å². The van der Waals surface area contributed by atoms with Crippen molar-refractivity contribution in [1.29, 1.82) is 0 Å². The average molecular weight is 541 g/mol. The number of rotatable bonds is 28. The van der Waals surface area contributed by atoms with Gasteiger partial charge in [0.2, 0.25) is 0 Å². The van der Waals surface area contributed by atoms with Crippen LogP contribution in [0.2, 0.25) is 0 Å². The molecule has 0 saturated carbocycles. The van der Waals surface area contributed by atoms with E-state index >= 15 is 0 Å². The van der Waals surface area contributed by atoms with E-state index in [1.54, 1.807) is 0 Å². The van der Waals surface area contributed by atoms with Crippen LogP contribution >= 0.6 is 0 Å². The molecule has 0 aromatic heterocycles. The van der Waals surface area contributed by atoms with Crippen LogP contribution in [0.1, 0.15) is 70.8 Å². The van der Waals surface area contributed by atoms with Gasteiger partial charge in [-0.05, 0) is 37.0 Å². The van der Waals surface area contributed by atoms with E-state index in [0.717, 1.165) is 18.6 Å². The topological polar surface area (TPSA) is 81.7 Å². The highest BCUT2D eigenvalue weighted by atomic mass is 16.6. The minimum atomic E-state index is -0.179. The van der Waals surface area contributed by atoms with Crippen molar-refractivity contribution in [3.05, 3.63) is 29.8 Å². The predicted octanol–water partition coefficient (Wildman–Crippen LogP) is 5.39. The highest BCUT2D eigenvalue weighted by molar-refractivity contribution is 5.69. The van der Waals surface area contributed by atoms with Crippen LogP contribution in [0.5, 0.6) is 5.75 Å². The third-order valence-corrected chi connectivity index (χ3v) is 5.67. The minimum Gasteiger partial charge on any atom is -0.491 e. The second-order valence-corrected chi connectivity index (χ2v) is 9.04. The summed E-state index contributed by atoms with van der Waals surface area (Å²) in [6, 6.07) is 8.42. The first-order chi connectivity index (χ1) is 18.8. The molecule has 0 N–H and O–H groups in total. The zero-order chi connectivity index (χ0) is 27.4. The molecule has 0 saturated heterocycles. The zero-order valence-electron chi connectivity index (χ0n) is 23.9. The number of carbonyl (C=O) groups excluding carboxylic acids is 1. The number of esters is 1. The van der Waals surface area contributed by atoms with Gasteiger partial charge in [0.25, 0.3) is 0 Å². The maximum absolute atomic E-state index is 11.2. The van der Waals surface area contributed by atoms with Gasteiger partial charge in [0.1, 0.15) is 19.0 Å². The lowest BCUT2D eigenvalue weighted by Crippen LogP contribution is -2.15. The van der Waals surface area contributed by atoms with E-state index in [2.05, 4.69) is 19.1 Å². The third kappa shape index (κ3) is 22.3. The second kappa shape index (κ2) is 26.9. The summed E-state index contributed by atoms with van der Waals surface area (Å²) in [4.78, 5) is 11.2. The summed E-state index contributed by atoms with van der Waals surface area (Å²) in [6.07, 6.45) is 10.3. The molecule has 1 aromatic rings. The Morgan fingerprint density at radius 2 is 1.03 bits per heavy atom. The van der Waals surface area contributed by atoms with Crippen molar-refractivity contribution >= 4 is 5.97 Å². The van der Waals surface area contributed by atoms with E-state index in [4.69, 9.17) is 33.2 Å². The quantitative estimate of drug-likeness (QED) is 0.103. The summed E-state index contributed by atoms with van der Waals surface area (Å²) in [5.41, 5.74) is 1.38. The normalized spacial score (nSPS) is 11.1. The molecule has 0 aliphatic heterocycles. The maximum atomic E-state index is 11.2. The number of unbranched alkanes of at least 4 members (excludes halogenated alkanes) is 5. The van der Waals surface area contributed by atoms with Crippen LogP contribution in [0, 0.1) is 0 Å². The van der Waals surface area contributed by atoms with Gasteiger partial charge in [-0.1, -0.05) is 58.1 Å². The lowest BCUT2D eigenvalue weighted by Gasteiger charge is -2.09. The van der Waals surface area contributed by atoms with Gasteiger partial charge in [-0.2, -0.15) is 0 Å². The molecule has 0 radical (unpaired) electrons. The van der Waals surface area contributed by atoms with E-state index in [9.17, 15) is 4.79 Å². The molecule has 0 heterocycles. The number of hydrogen-bond acceptors (Lipinski definition) is 8. The Morgan fingerprint density at radius 1 is 0.553 bits per heavy atom. The summed E-state index contributed by atoms with van der Waals surface area (Å²) >= 11 is 0. The number of carbonyl (C=O) groups is 1. The largest absolute Gasteiger partial charge is 0.491 e. The molecular weight excluding hydrogens is 488 g/mol. The van der Waals surface area contributed by atoms with Crippen molar-refractivity contribution in [3.8, 4) is 5.75 Å². The first kappa shape index (κ1) is 34.3. The lowest BCUT2D eigenvalue weighted by atomic mass is 10.0. The Morgan fingerprint density at radius 3 is 1.55 bits per heavy atom. The Bertz CT molecular complexity index is 638. The summed E-state index contributed by atoms with van der Waals surface area (Å²) in [7, 11) is 0. The molecular formula is C30H52O8. The molecule has 0 bridgehead atoms. The SMILES string of the molecule is CCCCCCCCc1ccc(OCCOCCOCCOCCOCCOCCOC(=O)CCC)cc1. The molecule has 1 rings (SSSR count). The van der Waals surface area contributed by atoms with E-state index in [0.29, 0.717) is 79.1 Å². The van der Waals surface area contributed by atoms with E-state index in [1.807, 2.05) is 19.1 Å². The van der Waals surface area contributed by atoms with Crippen molar-refractivity contribution < 1.29 is 38.0 Å². The molecule has 220 valence electrons. The maximum Gasteiger partial charge on any atom is 0.305 e. The van der Waals surface area contributed by atoms with Crippen molar-refractivity contribution in [3.63, 3.8) is 0 Å². The Kier molecular flexibility index (Phi) is 24.3. The van der Waals surface area contributed by atoms with Crippen molar-refractivity contribution in [2.75, 3.05) is 79.3 Å². The molecule has 1 aromatic carbocycles. The van der Waals surface area contributed by atoms with Crippen molar-refractivity contribution in [2.24, 2.45) is 0 Å². The third-order valence-electron chi connectivity index (χ3n) is 5.67.